The largest absolute Gasteiger partial charge is 0.495 e. The van der Waals surface area contributed by atoms with Crippen molar-refractivity contribution in [3.05, 3.63) is 48.2 Å². The molecule has 1 unspecified atom stereocenters. The number of halogens is 3. The van der Waals surface area contributed by atoms with Gasteiger partial charge in [-0.25, -0.2) is 0 Å². The quantitative estimate of drug-likeness (QED) is 0.136. The van der Waals surface area contributed by atoms with E-state index in [0.29, 0.717) is 47.7 Å². The zero-order valence-electron chi connectivity index (χ0n) is 23.8. The van der Waals surface area contributed by atoms with Crippen LogP contribution in [-0.4, -0.2) is 57.2 Å². The van der Waals surface area contributed by atoms with E-state index in [1.807, 2.05) is 18.2 Å². The van der Waals surface area contributed by atoms with Gasteiger partial charge < -0.3 is 36.1 Å². The van der Waals surface area contributed by atoms with Gasteiger partial charge in [-0.1, -0.05) is 25.3 Å². The Kier molecular flexibility index (Phi) is 14.7. The fourth-order valence-electron chi connectivity index (χ4n) is 4.20. The van der Waals surface area contributed by atoms with E-state index >= 15 is 0 Å². The van der Waals surface area contributed by atoms with Crippen LogP contribution in [0.4, 0.5) is 24.5 Å². The number of anilines is 2. The first kappa shape index (κ1) is 34.1. The maximum absolute atomic E-state index is 13.5. The molecule has 0 saturated heterocycles. The molecule has 1 atom stereocenters. The van der Waals surface area contributed by atoms with Gasteiger partial charge in [0, 0.05) is 35.7 Å². The number of nitrogens with two attached hydrogens (primary N) is 3. The number of hydrogen-bond donors (Lipinski definition) is 5. The van der Waals surface area contributed by atoms with Gasteiger partial charge in [-0.15, -0.1) is 0 Å². The Hall–Kier alpha value is -3.08. The van der Waals surface area contributed by atoms with Gasteiger partial charge in [0.25, 0.3) is 0 Å². The minimum atomic E-state index is -4.38. The van der Waals surface area contributed by atoms with Crippen molar-refractivity contribution in [2.75, 3.05) is 51.1 Å². The predicted octanol–water partition coefficient (Wildman–Crippen LogP) is 5.16. The number of benzene rings is 2. The molecule has 0 aliphatic carbocycles. The number of fused-ring (bicyclic) bond motifs is 1. The van der Waals surface area contributed by atoms with Crippen molar-refractivity contribution in [2.45, 2.75) is 49.8 Å². The summed E-state index contributed by atoms with van der Waals surface area (Å²) in [5.74, 6) is 6.48. The fourth-order valence-corrected chi connectivity index (χ4v) is 4.53. The molecule has 0 spiro atoms. The molecule has 1 heterocycles. The zero-order valence-corrected chi connectivity index (χ0v) is 24.6. The van der Waals surface area contributed by atoms with Crippen molar-refractivity contribution in [3.8, 4) is 17.6 Å². The number of alkyl halides is 3. The Morgan fingerprint density at radius 2 is 1.83 bits per heavy atom. The second-order valence-corrected chi connectivity index (χ2v) is 9.80. The van der Waals surface area contributed by atoms with Crippen LogP contribution in [0.2, 0.25) is 0 Å². The molecule has 3 aromatic rings. The van der Waals surface area contributed by atoms with E-state index in [1.165, 1.54) is 4.57 Å². The second kappa shape index (κ2) is 17.7. The van der Waals surface area contributed by atoms with Crippen molar-refractivity contribution in [2.24, 2.45) is 16.6 Å². The summed E-state index contributed by atoms with van der Waals surface area (Å²) in [7, 11) is 3.18. The molecule has 8 nitrogen and oxygen atoms in total. The Morgan fingerprint density at radius 1 is 1.05 bits per heavy atom. The third kappa shape index (κ3) is 11.0. The first-order valence-corrected chi connectivity index (χ1v) is 14.2. The third-order valence-electron chi connectivity index (χ3n) is 6.01. The number of aromatic nitrogens is 1. The molecule has 0 saturated carbocycles. The summed E-state index contributed by atoms with van der Waals surface area (Å²) >= 11 is 1.11. The van der Waals surface area contributed by atoms with Crippen LogP contribution in [0.15, 0.2) is 47.4 Å². The molecule has 3 rings (SSSR count). The van der Waals surface area contributed by atoms with Crippen molar-refractivity contribution in [1.82, 2.24) is 4.57 Å². The number of hydrogen-bond acceptors (Lipinski definition) is 8. The van der Waals surface area contributed by atoms with Crippen molar-refractivity contribution in [1.29, 1.82) is 0 Å². The number of nitrogens with zero attached hydrogens (tertiary/aromatic N) is 1. The first-order valence-electron chi connectivity index (χ1n) is 13.3. The lowest BCUT2D eigenvalue weighted by atomic mass is 10.1. The molecule has 41 heavy (non-hydrogen) atoms. The monoisotopic (exact) mass is 594 g/mol. The molecular weight excluding hydrogens is 553 g/mol. The second-order valence-electron chi connectivity index (χ2n) is 9.09. The summed E-state index contributed by atoms with van der Waals surface area (Å²) in [5, 5.41) is 12.9. The average Bonchev–Trinajstić information content (AvgIpc) is 3.28. The van der Waals surface area contributed by atoms with Crippen LogP contribution in [0.3, 0.4) is 0 Å². The van der Waals surface area contributed by atoms with Crippen molar-refractivity contribution in [3.63, 3.8) is 0 Å². The highest BCUT2D eigenvalue weighted by Gasteiger charge is 2.30. The van der Waals surface area contributed by atoms with Gasteiger partial charge >= 0.3 is 6.18 Å². The molecule has 0 bridgehead atoms. The molecule has 0 aliphatic heterocycles. The van der Waals surface area contributed by atoms with E-state index < -0.39 is 12.7 Å². The van der Waals surface area contributed by atoms with Crippen LogP contribution in [0, 0.1) is 11.8 Å². The maximum atomic E-state index is 13.5. The fraction of sp³-hybridized carbons (Fsp3) is 0.448. The molecule has 0 fully saturated rings. The smallest absolute Gasteiger partial charge is 0.406 e. The van der Waals surface area contributed by atoms with Gasteiger partial charge in [0.15, 0.2) is 0 Å². The van der Waals surface area contributed by atoms with Crippen LogP contribution in [-0.2, 0) is 11.3 Å². The van der Waals surface area contributed by atoms with Gasteiger partial charge in [-0.05, 0) is 73.7 Å². The lowest BCUT2D eigenvalue weighted by molar-refractivity contribution is -0.140. The molecular formula is C29H41F3N6O2S. The minimum absolute atomic E-state index is 0.148. The van der Waals surface area contributed by atoms with Crippen LogP contribution in [0.25, 0.3) is 10.9 Å². The summed E-state index contributed by atoms with van der Waals surface area (Å²) in [5.41, 5.74) is 13.0. The molecule has 12 heteroatoms. The van der Waals surface area contributed by atoms with Gasteiger partial charge in [-0.2, -0.15) is 13.2 Å². The van der Waals surface area contributed by atoms with E-state index in [0.717, 1.165) is 41.8 Å². The maximum Gasteiger partial charge on any atom is 0.406 e. The highest BCUT2D eigenvalue weighted by molar-refractivity contribution is 7.97. The van der Waals surface area contributed by atoms with E-state index in [4.69, 9.17) is 21.3 Å². The number of nitrogens with one attached hydrogen (secondary N) is 2. The highest BCUT2D eigenvalue weighted by Crippen LogP contribution is 2.31. The first-order chi connectivity index (χ1) is 19.7. The van der Waals surface area contributed by atoms with E-state index in [2.05, 4.69) is 34.1 Å². The topological polar surface area (TPSA) is 126 Å². The summed E-state index contributed by atoms with van der Waals surface area (Å²) in [6, 6.07) is 12.7. The summed E-state index contributed by atoms with van der Waals surface area (Å²) < 4.78 is 51.5. The summed E-state index contributed by atoms with van der Waals surface area (Å²) in [6.45, 7) is 3.01. The lowest BCUT2D eigenvalue weighted by Crippen LogP contribution is -2.23. The van der Waals surface area contributed by atoms with Crippen LogP contribution >= 0.6 is 11.9 Å². The lowest BCUT2D eigenvalue weighted by Gasteiger charge is -2.19. The number of ether oxygens (including phenoxy) is 2. The van der Waals surface area contributed by atoms with Gasteiger partial charge in [0.1, 0.15) is 12.3 Å². The minimum Gasteiger partial charge on any atom is -0.495 e. The van der Waals surface area contributed by atoms with Crippen molar-refractivity contribution < 1.29 is 22.6 Å². The average molecular weight is 595 g/mol. The van der Waals surface area contributed by atoms with Gasteiger partial charge in [0.2, 0.25) is 0 Å². The summed E-state index contributed by atoms with van der Waals surface area (Å²) in [6.07, 6.45) is -1.71. The molecule has 8 N–H and O–H groups in total. The highest BCUT2D eigenvalue weighted by atomic mass is 32.2. The van der Waals surface area contributed by atoms with E-state index in [1.54, 1.807) is 38.5 Å². The molecule has 0 amide bonds. The molecule has 0 radical (unpaired) electrons. The number of rotatable bonds is 13. The van der Waals surface area contributed by atoms with Crippen LogP contribution in [0.5, 0.6) is 5.75 Å². The summed E-state index contributed by atoms with van der Waals surface area (Å²) in [4.78, 5) is 0.845. The Morgan fingerprint density at radius 3 is 2.41 bits per heavy atom. The SMILES string of the molecule is CCCC(CCN)Nc1cccc2c1cc(C#CCNc1ccc(SN)cc1OC)n2CC(F)(F)F.COCCN. The zero-order chi connectivity index (χ0) is 30.3. The normalized spacial score (nSPS) is 11.7. The van der Waals surface area contributed by atoms with Crippen molar-refractivity contribution >= 4 is 34.2 Å². The number of methoxy groups -OCH3 is 2. The predicted molar refractivity (Wildman–Crippen MR) is 163 cm³/mol. The Balaban J connectivity index is 0.00000108. The Labute approximate surface area is 244 Å². The van der Waals surface area contributed by atoms with Gasteiger partial charge in [-0.3, -0.25) is 5.14 Å². The van der Waals surface area contributed by atoms with Gasteiger partial charge in [0.05, 0.1) is 37.2 Å². The standard InChI is InChI=1S/C26H32F3N5OS.C3H9NO/c1-3-6-18(12-13-30)33-22-8-4-9-24-21(22)15-19(34(24)17-26(27,28)29)7-5-14-32-23-11-10-20(36-31)16-25(23)35-2;1-5-3-2-4/h4,8-11,15-16,18,32-33H,3,6,12-14,17,30-31H2,1-2H3;2-4H2,1H3. The van der Waals surface area contributed by atoms with Crippen LogP contribution < -0.4 is 32.0 Å². The Bertz CT molecular complexity index is 1270. The molecule has 1 aromatic heterocycles. The molecule has 2 aromatic carbocycles. The van der Waals surface area contributed by atoms with E-state index in [-0.39, 0.29) is 12.6 Å². The third-order valence-corrected chi connectivity index (χ3v) is 6.54. The van der Waals surface area contributed by atoms with E-state index in [9.17, 15) is 13.2 Å². The van der Waals surface area contributed by atoms with Crippen LogP contribution in [0.1, 0.15) is 31.9 Å². The molecule has 0 aliphatic rings. The molecule has 226 valence electrons.